The Morgan fingerprint density at radius 1 is 0.935 bits per heavy atom. The lowest BCUT2D eigenvalue weighted by molar-refractivity contribution is 0.102. The fourth-order valence-corrected chi connectivity index (χ4v) is 3.95. The smallest absolute Gasteiger partial charge is 0.255 e. The molecule has 0 unspecified atom stereocenters. The average molecular weight is 416 g/mol. The molecule has 3 aromatic rings. The zero-order valence-corrected chi connectivity index (χ0v) is 18.2. The van der Waals surface area contributed by atoms with Gasteiger partial charge in [0.05, 0.1) is 12.8 Å². The highest BCUT2D eigenvalue weighted by atomic mass is 16.5. The summed E-state index contributed by atoms with van der Waals surface area (Å²) >= 11 is 0. The molecule has 1 amide bonds. The van der Waals surface area contributed by atoms with Gasteiger partial charge in [0, 0.05) is 44.0 Å². The standard InChI is InChI=1S/C26H29N3O2/c1-20-10-12-23(13-11-20)27-26(30)22-7-5-6-21(18-22)19-28-14-16-29(17-15-28)24-8-3-4-9-25(24)31-2/h3-13,18H,14-17,19H2,1-2H3,(H,27,30). The van der Waals surface area contributed by atoms with Crippen LogP contribution in [0.4, 0.5) is 11.4 Å². The van der Waals surface area contributed by atoms with Crippen molar-refractivity contribution < 1.29 is 9.53 Å². The van der Waals surface area contributed by atoms with Crippen molar-refractivity contribution in [3.63, 3.8) is 0 Å². The van der Waals surface area contributed by atoms with E-state index in [-0.39, 0.29) is 5.91 Å². The Labute approximate surface area is 184 Å². The summed E-state index contributed by atoms with van der Waals surface area (Å²) in [5.74, 6) is 0.843. The van der Waals surface area contributed by atoms with Crippen LogP contribution in [0.2, 0.25) is 0 Å². The maximum absolute atomic E-state index is 12.7. The van der Waals surface area contributed by atoms with Gasteiger partial charge < -0.3 is 15.0 Å². The van der Waals surface area contributed by atoms with Crippen LogP contribution >= 0.6 is 0 Å². The fraction of sp³-hybridized carbons (Fsp3) is 0.269. The third kappa shape index (κ3) is 5.25. The van der Waals surface area contributed by atoms with Gasteiger partial charge in [-0.2, -0.15) is 0 Å². The Balaban J connectivity index is 1.35. The SMILES string of the molecule is COc1ccccc1N1CCN(Cc2cccc(C(=O)Nc3ccc(C)cc3)c2)CC1. The molecule has 5 heteroatoms. The molecule has 160 valence electrons. The predicted molar refractivity (Wildman–Crippen MR) is 126 cm³/mol. The van der Waals surface area contributed by atoms with Crippen molar-refractivity contribution in [1.29, 1.82) is 0 Å². The summed E-state index contributed by atoms with van der Waals surface area (Å²) in [5, 5.41) is 2.98. The van der Waals surface area contributed by atoms with Crippen LogP contribution < -0.4 is 15.0 Å². The Hall–Kier alpha value is -3.31. The van der Waals surface area contributed by atoms with Crippen molar-refractivity contribution in [3.05, 3.63) is 89.5 Å². The summed E-state index contributed by atoms with van der Waals surface area (Å²) in [6.45, 7) is 6.72. The number of hydrogen-bond acceptors (Lipinski definition) is 4. The molecule has 1 heterocycles. The number of methoxy groups -OCH3 is 1. The first kappa shape index (κ1) is 20.9. The minimum atomic E-state index is -0.0771. The highest BCUT2D eigenvalue weighted by Gasteiger charge is 2.20. The Bertz CT molecular complexity index is 1020. The number of aryl methyl sites for hydroxylation is 1. The number of para-hydroxylation sites is 2. The topological polar surface area (TPSA) is 44.8 Å². The van der Waals surface area contributed by atoms with Crippen LogP contribution in [0.25, 0.3) is 0 Å². The van der Waals surface area contributed by atoms with E-state index in [9.17, 15) is 4.79 Å². The highest BCUT2D eigenvalue weighted by molar-refractivity contribution is 6.04. The van der Waals surface area contributed by atoms with Gasteiger partial charge in [0.1, 0.15) is 5.75 Å². The van der Waals surface area contributed by atoms with E-state index < -0.39 is 0 Å². The summed E-state index contributed by atoms with van der Waals surface area (Å²) in [7, 11) is 1.72. The minimum absolute atomic E-state index is 0.0771. The molecule has 0 spiro atoms. The van der Waals surface area contributed by atoms with E-state index in [0.717, 1.165) is 55.4 Å². The molecule has 0 saturated carbocycles. The van der Waals surface area contributed by atoms with E-state index in [1.54, 1.807) is 7.11 Å². The van der Waals surface area contributed by atoms with Crippen LogP contribution in [0, 0.1) is 6.92 Å². The van der Waals surface area contributed by atoms with Gasteiger partial charge in [0.25, 0.3) is 5.91 Å². The average Bonchev–Trinajstić information content (AvgIpc) is 2.81. The lowest BCUT2D eigenvalue weighted by Crippen LogP contribution is -2.46. The van der Waals surface area contributed by atoms with Crippen LogP contribution in [-0.2, 0) is 6.54 Å². The number of benzene rings is 3. The van der Waals surface area contributed by atoms with E-state index >= 15 is 0 Å². The monoisotopic (exact) mass is 415 g/mol. The zero-order chi connectivity index (χ0) is 21.6. The largest absolute Gasteiger partial charge is 0.495 e. The summed E-state index contributed by atoms with van der Waals surface area (Å²) in [6, 6.07) is 23.9. The highest BCUT2D eigenvalue weighted by Crippen LogP contribution is 2.28. The fourth-order valence-electron chi connectivity index (χ4n) is 3.95. The molecule has 1 saturated heterocycles. The van der Waals surface area contributed by atoms with Crippen molar-refractivity contribution in [2.24, 2.45) is 0 Å². The van der Waals surface area contributed by atoms with Crippen molar-refractivity contribution >= 4 is 17.3 Å². The molecule has 31 heavy (non-hydrogen) atoms. The Morgan fingerprint density at radius 2 is 1.68 bits per heavy atom. The first-order valence-corrected chi connectivity index (χ1v) is 10.7. The first-order chi connectivity index (χ1) is 15.1. The molecule has 3 aromatic carbocycles. The maximum atomic E-state index is 12.7. The molecule has 4 rings (SSSR count). The normalized spacial score (nSPS) is 14.3. The number of ether oxygens (including phenoxy) is 1. The number of anilines is 2. The van der Waals surface area contributed by atoms with E-state index in [2.05, 4.69) is 33.3 Å². The Morgan fingerprint density at radius 3 is 2.42 bits per heavy atom. The number of carbonyl (C=O) groups is 1. The number of hydrogen-bond donors (Lipinski definition) is 1. The quantitative estimate of drug-likeness (QED) is 0.640. The van der Waals surface area contributed by atoms with E-state index in [1.807, 2.05) is 61.5 Å². The van der Waals surface area contributed by atoms with Gasteiger partial charge in [0.2, 0.25) is 0 Å². The van der Waals surface area contributed by atoms with Gasteiger partial charge in [-0.15, -0.1) is 0 Å². The number of piperazine rings is 1. The van der Waals surface area contributed by atoms with E-state index in [4.69, 9.17) is 4.74 Å². The maximum Gasteiger partial charge on any atom is 0.255 e. The molecule has 1 aliphatic rings. The molecule has 0 aliphatic carbocycles. The van der Waals surface area contributed by atoms with Gasteiger partial charge in [-0.3, -0.25) is 9.69 Å². The number of nitrogens with one attached hydrogen (secondary N) is 1. The van der Waals surface area contributed by atoms with Gasteiger partial charge in [-0.25, -0.2) is 0 Å². The predicted octanol–water partition coefficient (Wildman–Crippen LogP) is 4.58. The van der Waals surface area contributed by atoms with Crippen molar-refractivity contribution in [3.8, 4) is 5.75 Å². The Kier molecular flexibility index (Phi) is 6.53. The van der Waals surface area contributed by atoms with Crippen LogP contribution in [0.3, 0.4) is 0 Å². The number of rotatable bonds is 6. The summed E-state index contributed by atoms with van der Waals surface area (Å²) in [6.07, 6.45) is 0. The second kappa shape index (κ2) is 9.67. The molecule has 0 aromatic heterocycles. The van der Waals surface area contributed by atoms with Gasteiger partial charge in [-0.05, 0) is 48.9 Å². The van der Waals surface area contributed by atoms with Gasteiger partial charge >= 0.3 is 0 Å². The molecule has 5 nitrogen and oxygen atoms in total. The van der Waals surface area contributed by atoms with E-state index in [1.165, 1.54) is 5.56 Å². The lowest BCUT2D eigenvalue weighted by Gasteiger charge is -2.36. The molecule has 0 atom stereocenters. The third-order valence-electron chi connectivity index (χ3n) is 5.70. The van der Waals surface area contributed by atoms with Crippen LogP contribution in [0.15, 0.2) is 72.8 Å². The van der Waals surface area contributed by atoms with Gasteiger partial charge in [0.15, 0.2) is 0 Å². The molecule has 0 radical (unpaired) electrons. The van der Waals surface area contributed by atoms with Crippen LogP contribution in [0.5, 0.6) is 5.75 Å². The van der Waals surface area contributed by atoms with Crippen molar-refractivity contribution in [2.45, 2.75) is 13.5 Å². The summed E-state index contributed by atoms with van der Waals surface area (Å²) < 4.78 is 5.51. The number of amides is 1. The second-order valence-corrected chi connectivity index (χ2v) is 7.96. The van der Waals surface area contributed by atoms with Gasteiger partial charge in [-0.1, -0.05) is 42.0 Å². The molecule has 0 bridgehead atoms. The molecular weight excluding hydrogens is 386 g/mol. The molecular formula is C26H29N3O2. The first-order valence-electron chi connectivity index (χ1n) is 10.7. The van der Waals surface area contributed by atoms with E-state index in [0.29, 0.717) is 5.56 Å². The zero-order valence-electron chi connectivity index (χ0n) is 18.2. The van der Waals surface area contributed by atoms with Crippen molar-refractivity contribution in [1.82, 2.24) is 4.90 Å². The summed E-state index contributed by atoms with van der Waals surface area (Å²) in [4.78, 5) is 17.5. The lowest BCUT2D eigenvalue weighted by atomic mass is 10.1. The van der Waals surface area contributed by atoms with Crippen molar-refractivity contribution in [2.75, 3.05) is 43.5 Å². The number of carbonyl (C=O) groups excluding carboxylic acids is 1. The number of nitrogens with zero attached hydrogens (tertiary/aromatic N) is 2. The molecule has 1 N–H and O–H groups in total. The third-order valence-corrected chi connectivity index (χ3v) is 5.70. The molecule has 1 aliphatic heterocycles. The van der Waals surface area contributed by atoms with Crippen LogP contribution in [-0.4, -0.2) is 44.1 Å². The second-order valence-electron chi connectivity index (χ2n) is 7.96. The molecule has 1 fully saturated rings. The summed E-state index contributed by atoms with van der Waals surface area (Å²) in [5.41, 5.74) is 4.98. The minimum Gasteiger partial charge on any atom is -0.495 e. The van der Waals surface area contributed by atoms with Crippen LogP contribution in [0.1, 0.15) is 21.5 Å².